The molecule has 0 saturated carbocycles. The van der Waals surface area contributed by atoms with Crippen molar-refractivity contribution in [1.29, 1.82) is 0 Å². The predicted octanol–water partition coefficient (Wildman–Crippen LogP) is 1.72. The molecule has 0 aliphatic heterocycles. The van der Waals surface area contributed by atoms with Gasteiger partial charge in [0, 0.05) is 26.2 Å². The number of nitrogens with zero attached hydrogens (tertiary/aromatic N) is 3. The Hall–Kier alpha value is -2.61. The van der Waals surface area contributed by atoms with E-state index in [1.807, 2.05) is 0 Å². The minimum atomic E-state index is -0.506. The zero-order valence-corrected chi connectivity index (χ0v) is 11.9. The number of aryl methyl sites for hydroxylation is 1. The number of rotatable bonds is 6. The van der Waals surface area contributed by atoms with Gasteiger partial charge in [-0.3, -0.25) is 4.57 Å². The molecule has 1 heterocycles. The Bertz CT molecular complexity index is 636. The van der Waals surface area contributed by atoms with E-state index in [0.717, 1.165) is 0 Å². The molecule has 21 heavy (non-hydrogen) atoms. The molecule has 112 valence electrons. The van der Waals surface area contributed by atoms with Crippen molar-refractivity contribution >= 4 is 17.3 Å². The quantitative estimate of drug-likeness (QED) is 0.619. The molecule has 0 saturated heterocycles. The molecule has 8 heteroatoms. The predicted molar refractivity (Wildman–Crippen MR) is 78.9 cm³/mol. The van der Waals surface area contributed by atoms with Gasteiger partial charge in [0.25, 0.3) is 0 Å². The summed E-state index contributed by atoms with van der Waals surface area (Å²) in [6.45, 7) is 2.60. The van der Waals surface area contributed by atoms with Crippen LogP contribution in [0.1, 0.15) is 5.82 Å². The number of nitrogens with one attached hydrogen (secondary N) is 1. The highest BCUT2D eigenvalue weighted by Gasteiger charge is 2.23. The first-order chi connectivity index (χ1) is 10.0. The van der Waals surface area contributed by atoms with Crippen LogP contribution >= 0.6 is 0 Å². The monoisotopic (exact) mass is 291 g/mol. The van der Waals surface area contributed by atoms with E-state index in [-0.39, 0.29) is 5.82 Å². The van der Waals surface area contributed by atoms with Gasteiger partial charge in [0.2, 0.25) is 11.6 Å². The van der Waals surface area contributed by atoms with Gasteiger partial charge >= 0.3 is 5.82 Å². The number of hydrogen-bond donors (Lipinski definition) is 2. The first kappa shape index (κ1) is 14.8. The number of nitrogens with two attached hydrogens (primary N) is 1. The maximum atomic E-state index is 11.0. The van der Waals surface area contributed by atoms with Crippen LogP contribution in [0.5, 0.6) is 5.75 Å². The number of aromatic nitrogens is 2. The lowest BCUT2D eigenvalue weighted by Gasteiger charge is -2.08. The average molecular weight is 291 g/mol. The highest BCUT2D eigenvalue weighted by Crippen LogP contribution is 2.28. The smallest absolute Gasteiger partial charge is 0.407 e. The Balaban J connectivity index is 2.20. The second-order valence-electron chi connectivity index (χ2n) is 4.43. The van der Waals surface area contributed by atoms with Crippen LogP contribution in [0, 0.1) is 17.0 Å². The molecule has 8 nitrogen and oxygen atoms in total. The van der Waals surface area contributed by atoms with Crippen molar-refractivity contribution in [2.24, 2.45) is 12.8 Å². The Morgan fingerprint density at radius 3 is 2.67 bits per heavy atom. The molecule has 0 spiro atoms. The first-order valence-corrected chi connectivity index (χ1v) is 6.40. The van der Waals surface area contributed by atoms with Gasteiger partial charge in [0.15, 0.2) is 0 Å². The maximum Gasteiger partial charge on any atom is 0.407 e. The van der Waals surface area contributed by atoms with Crippen LogP contribution in [-0.4, -0.2) is 27.6 Å². The van der Waals surface area contributed by atoms with Crippen LogP contribution in [0.25, 0.3) is 0 Å². The zero-order valence-electron chi connectivity index (χ0n) is 11.9. The van der Waals surface area contributed by atoms with E-state index >= 15 is 0 Å². The van der Waals surface area contributed by atoms with Gasteiger partial charge in [0.05, 0.1) is 0 Å². The molecule has 2 aromatic rings. The van der Waals surface area contributed by atoms with Crippen molar-refractivity contribution in [1.82, 2.24) is 9.55 Å². The molecule has 0 atom stereocenters. The second kappa shape index (κ2) is 6.23. The van der Waals surface area contributed by atoms with E-state index in [1.165, 1.54) is 0 Å². The summed E-state index contributed by atoms with van der Waals surface area (Å²) in [5.41, 5.74) is 6.07. The highest BCUT2D eigenvalue weighted by atomic mass is 16.6. The fourth-order valence-corrected chi connectivity index (χ4v) is 1.81. The molecule has 0 aliphatic carbocycles. The summed E-state index contributed by atoms with van der Waals surface area (Å²) in [4.78, 5) is 14.4. The maximum absolute atomic E-state index is 11.0. The zero-order chi connectivity index (χ0) is 15.4. The summed E-state index contributed by atoms with van der Waals surface area (Å²) in [6.07, 6.45) is 0. The lowest BCUT2D eigenvalue weighted by Crippen LogP contribution is -2.10. The molecule has 0 fully saturated rings. The van der Waals surface area contributed by atoms with Crippen LogP contribution in [0.3, 0.4) is 0 Å². The first-order valence-electron chi connectivity index (χ1n) is 6.40. The number of hydrogen-bond acceptors (Lipinski definition) is 6. The Morgan fingerprint density at radius 2 is 2.10 bits per heavy atom. The van der Waals surface area contributed by atoms with E-state index < -0.39 is 4.92 Å². The number of anilines is 2. The standard InChI is InChI=1S/C13H17N5O3/c1-9-15-13(18(19)20)12(17(9)2)16-10-3-5-11(6-4-10)21-8-7-14/h3-6,16H,7-8,14H2,1-2H3. The summed E-state index contributed by atoms with van der Waals surface area (Å²) in [6, 6.07) is 7.09. The molecule has 0 radical (unpaired) electrons. The topological polar surface area (TPSA) is 108 Å². The van der Waals surface area contributed by atoms with E-state index in [1.54, 1.807) is 42.8 Å². The van der Waals surface area contributed by atoms with Gasteiger partial charge in [-0.25, -0.2) is 0 Å². The van der Waals surface area contributed by atoms with Crippen molar-refractivity contribution in [3.8, 4) is 5.75 Å². The van der Waals surface area contributed by atoms with E-state index in [4.69, 9.17) is 10.5 Å². The third kappa shape index (κ3) is 3.29. The van der Waals surface area contributed by atoms with E-state index in [0.29, 0.717) is 36.2 Å². The number of imidazole rings is 1. The van der Waals surface area contributed by atoms with Crippen molar-refractivity contribution in [2.75, 3.05) is 18.5 Å². The molecule has 0 amide bonds. The summed E-state index contributed by atoms with van der Waals surface area (Å²) < 4.78 is 7.01. The second-order valence-corrected chi connectivity index (χ2v) is 4.43. The molecular weight excluding hydrogens is 274 g/mol. The van der Waals surface area contributed by atoms with Gasteiger partial charge in [-0.2, -0.15) is 0 Å². The Kier molecular flexibility index (Phi) is 4.39. The van der Waals surface area contributed by atoms with Gasteiger partial charge in [-0.15, -0.1) is 0 Å². The number of nitro groups is 1. The van der Waals surface area contributed by atoms with E-state index in [2.05, 4.69) is 10.3 Å². The van der Waals surface area contributed by atoms with Crippen LogP contribution in [0.2, 0.25) is 0 Å². The van der Waals surface area contributed by atoms with Gasteiger partial charge < -0.3 is 25.9 Å². The molecule has 1 aromatic heterocycles. The van der Waals surface area contributed by atoms with Crippen molar-refractivity contribution in [3.05, 3.63) is 40.2 Å². The number of ether oxygens (including phenoxy) is 1. The van der Waals surface area contributed by atoms with Crippen molar-refractivity contribution < 1.29 is 9.66 Å². The van der Waals surface area contributed by atoms with Crippen LogP contribution in [0.15, 0.2) is 24.3 Å². The van der Waals surface area contributed by atoms with Crippen LogP contribution in [-0.2, 0) is 7.05 Å². The SMILES string of the molecule is Cc1nc([N+](=O)[O-])c(Nc2ccc(OCCN)cc2)n1C. The summed E-state index contributed by atoms with van der Waals surface area (Å²) in [7, 11) is 1.72. The average Bonchev–Trinajstić information content (AvgIpc) is 2.75. The summed E-state index contributed by atoms with van der Waals surface area (Å²) in [5, 5.41) is 14.0. The minimum absolute atomic E-state index is 0.196. The number of benzene rings is 1. The molecule has 2 rings (SSSR count). The van der Waals surface area contributed by atoms with Gasteiger partial charge in [-0.05, 0) is 34.2 Å². The molecule has 0 bridgehead atoms. The fraction of sp³-hybridized carbons (Fsp3) is 0.308. The molecule has 0 aliphatic rings. The summed E-state index contributed by atoms with van der Waals surface area (Å²) in [5.74, 6) is 1.40. The summed E-state index contributed by atoms with van der Waals surface area (Å²) >= 11 is 0. The Labute approximate surface area is 121 Å². The largest absolute Gasteiger partial charge is 0.492 e. The van der Waals surface area contributed by atoms with E-state index in [9.17, 15) is 10.1 Å². The molecular formula is C13H17N5O3. The van der Waals surface area contributed by atoms with Crippen molar-refractivity contribution in [2.45, 2.75) is 6.92 Å². The molecule has 0 unspecified atom stereocenters. The van der Waals surface area contributed by atoms with Crippen LogP contribution < -0.4 is 15.8 Å². The lowest BCUT2D eigenvalue weighted by atomic mass is 10.3. The third-order valence-electron chi connectivity index (χ3n) is 2.98. The van der Waals surface area contributed by atoms with Crippen molar-refractivity contribution in [3.63, 3.8) is 0 Å². The minimum Gasteiger partial charge on any atom is -0.492 e. The molecule has 3 N–H and O–H groups in total. The molecule has 1 aromatic carbocycles. The lowest BCUT2D eigenvalue weighted by molar-refractivity contribution is -0.388. The normalized spacial score (nSPS) is 10.4. The third-order valence-corrected chi connectivity index (χ3v) is 2.98. The van der Waals surface area contributed by atoms with Crippen LogP contribution in [0.4, 0.5) is 17.3 Å². The van der Waals surface area contributed by atoms with Gasteiger partial charge in [-0.1, -0.05) is 0 Å². The fourth-order valence-electron chi connectivity index (χ4n) is 1.81. The highest BCUT2D eigenvalue weighted by molar-refractivity contribution is 5.64. The van der Waals surface area contributed by atoms with Gasteiger partial charge in [0.1, 0.15) is 12.4 Å². The Morgan fingerprint density at radius 1 is 1.43 bits per heavy atom.